The number of aromatic nitrogens is 1. The molecule has 0 saturated carbocycles. The molecule has 2 rings (SSSR count). The van der Waals surface area contributed by atoms with E-state index in [1.807, 2.05) is 13.1 Å². The second-order valence-corrected chi connectivity index (χ2v) is 4.21. The molecule has 1 aromatic heterocycles. The first-order valence-corrected chi connectivity index (χ1v) is 5.71. The van der Waals surface area contributed by atoms with Crippen molar-refractivity contribution in [1.29, 1.82) is 0 Å². The number of hydrogen-bond donors (Lipinski definition) is 3. The molecule has 0 aliphatic rings. The first-order valence-electron chi connectivity index (χ1n) is 5.71. The lowest BCUT2D eigenvalue weighted by Crippen LogP contribution is -2.18. The smallest absolute Gasteiger partial charge is 0.0459 e. The molecule has 0 fully saturated rings. The van der Waals surface area contributed by atoms with Crippen molar-refractivity contribution < 1.29 is 0 Å². The van der Waals surface area contributed by atoms with Gasteiger partial charge in [-0.2, -0.15) is 0 Å². The standard InChI is InChI=1S/C13H19N3/c1-9-13(11(14)7-8-15-2)10-5-3-4-6-12(10)16-9/h3-6,11,15-16H,7-8,14H2,1-2H3. The van der Waals surface area contributed by atoms with Gasteiger partial charge < -0.3 is 16.0 Å². The molecule has 4 N–H and O–H groups in total. The second-order valence-electron chi connectivity index (χ2n) is 4.21. The lowest BCUT2D eigenvalue weighted by atomic mass is 10.0. The van der Waals surface area contributed by atoms with Gasteiger partial charge in [0, 0.05) is 22.6 Å². The maximum Gasteiger partial charge on any atom is 0.0459 e. The van der Waals surface area contributed by atoms with E-state index < -0.39 is 0 Å². The number of nitrogens with two attached hydrogens (primary N) is 1. The topological polar surface area (TPSA) is 53.8 Å². The van der Waals surface area contributed by atoms with Gasteiger partial charge in [0.1, 0.15) is 0 Å². The molecule has 2 aromatic rings. The summed E-state index contributed by atoms with van der Waals surface area (Å²) in [6.45, 7) is 3.04. The Kier molecular flexibility index (Phi) is 3.27. The number of nitrogens with one attached hydrogen (secondary N) is 2. The van der Waals surface area contributed by atoms with Crippen molar-refractivity contribution in [3.8, 4) is 0 Å². The first-order chi connectivity index (χ1) is 7.74. The molecule has 1 unspecified atom stereocenters. The zero-order chi connectivity index (χ0) is 11.5. The monoisotopic (exact) mass is 217 g/mol. The summed E-state index contributed by atoms with van der Waals surface area (Å²) in [6.07, 6.45) is 0.958. The van der Waals surface area contributed by atoms with Gasteiger partial charge in [-0.1, -0.05) is 18.2 Å². The largest absolute Gasteiger partial charge is 0.358 e. The quantitative estimate of drug-likeness (QED) is 0.734. The van der Waals surface area contributed by atoms with Crippen LogP contribution in [0.2, 0.25) is 0 Å². The highest BCUT2D eigenvalue weighted by Gasteiger charge is 2.14. The molecular formula is C13H19N3. The van der Waals surface area contributed by atoms with Gasteiger partial charge >= 0.3 is 0 Å². The minimum atomic E-state index is 0.101. The van der Waals surface area contributed by atoms with Crippen LogP contribution in [0.25, 0.3) is 10.9 Å². The summed E-state index contributed by atoms with van der Waals surface area (Å²) in [5.41, 5.74) is 9.85. The van der Waals surface area contributed by atoms with Gasteiger partial charge in [0.15, 0.2) is 0 Å². The van der Waals surface area contributed by atoms with E-state index in [9.17, 15) is 0 Å². The fourth-order valence-corrected chi connectivity index (χ4v) is 2.22. The molecule has 3 heteroatoms. The van der Waals surface area contributed by atoms with E-state index in [-0.39, 0.29) is 6.04 Å². The summed E-state index contributed by atoms with van der Waals surface area (Å²) in [6, 6.07) is 8.43. The molecule has 1 aromatic carbocycles. The van der Waals surface area contributed by atoms with Crippen LogP contribution in [0.15, 0.2) is 24.3 Å². The number of H-pyrrole nitrogens is 1. The molecule has 16 heavy (non-hydrogen) atoms. The third-order valence-corrected chi connectivity index (χ3v) is 3.02. The third kappa shape index (κ3) is 1.96. The Morgan fingerprint density at radius 2 is 2.12 bits per heavy atom. The molecule has 0 saturated heterocycles. The van der Waals surface area contributed by atoms with Gasteiger partial charge in [0.25, 0.3) is 0 Å². The van der Waals surface area contributed by atoms with Crippen LogP contribution >= 0.6 is 0 Å². The molecule has 0 bridgehead atoms. The maximum absolute atomic E-state index is 6.23. The Labute approximate surface area is 96.0 Å². The molecular weight excluding hydrogens is 198 g/mol. The van der Waals surface area contributed by atoms with Crippen LogP contribution in [-0.4, -0.2) is 18.6 Å². The van der Waals surface area contributed by atoms with Gasteiger partial charge in [-0.3, -0.25) is 0 Å². The minimum absolute atomic E-state index is 0.101. The van der Waals surface area contributed by atoms with E-state index in [1.54, 1.807) is 0 Å². The molecule has 0 aliphatic carbocycles. The van der Waals surface area contributed by atoms with Gasteiger partial charge in [-0.05, 0) is 38.6 Å². The summed E-state index contributed by atoms with van der Waals surface area (Å²) in [4.78, 5) is 3.38. The average Bonchev–Trinajstić information content (AvgIpc) is 2.62. The molecule has 0 aliphatic heterocycles. The number of aryl methyl sites for hydroxylation is 1. The highest BCUT2D eigenvalue weighted by molar-refractivity contribution is 5.85. The fourth-order valence-electron chi connectivity index (χ4n) is 2.22. The third-order valence-electron chi connectivity index (χ3n) is 3.02. The zero-order valence-electron chi connectivity index (χ0n) is 9.88. The van der Waals surface area contributed by atoms with E-state index in [4.69, 9.17) is 5.73 Å². The number of hydrogen-bond acceptors (Lipinski definition) is 2. The Morgan fingerprint density at radius 3 is 2.88 bits per heavy atom. The summed E-state index contributed by atoms with van der Waals surface area (Å²) < 4.78 is 0. The highest BCUT2D eigenvalue weighted by atomic mass is 14.8. The number of benzene rings is 1. The summed E-state index contributed by atoms with van der Waals surface area (Å²) in [5, 5.41) is 4.39. The second kappa shape index (κ2) is 4.68. The predicted molar refractivity (Wildman–Crippen MR) is 68.5 cm³/mol. The zero-order valence-corrected chi connectivity index (χ0v) is 9.88. The van der Waals surface area contributed by atoms with Crippen molar-refractivity contribution in [1.82, 2.24) is 10.3 Å². The van der Waals surface area contributed by atoms with Crippen molar-refractivity contribution in [2.45, 2.75) is 19.4 Å². The van der Waals surface area contributed by atoms with Crippen LogP contribution in [0.1, 0.15) is 23.7 Å². The normalized spacial score (nSPS) is 13.2. The SMILES string of the molecule is CNCCC(N)c1c(C)[nH]c2ccccc12. The number of aromatic amines is 1. The maximum atomic E-state index is 6.23. The summed E-state index contributed by atoms with van der Waals surface area (Å²) >= 11 is 0. The van der Waals surface area contributed by atoms with E-state index in [1.165, 1.54) is 22.2 Å². The predicted octanol–water partition coefficient (Wildman–Crippen LogP) is 2.09. The van der Waals surface area contributed by atoms with Crippen LogP contribution in [-0.2, 0) is 0 Å². The minimum Gasteiger partial charge on any atom is -0.358 e. The summed E-state index contributed by atoms with van der Waals surface area (Å²) in [5.74, 6) is 0. The Balaban J connectivity index is 2.38. The Morgan fingerprint density at radius 1 is 1.38 bits per heavy atom. The van der Waals surface area contributed by atoms with Crippen molar-refractivity contribution in [2.24, 2.45) is 5.73 Å². The van der Waals surface area contributed by atoms with E-state index in [0.717, 1.165) is 13.0 Å². The Hall–Kier alpha value is -1.32. The lowest BCUT2D eigenvalue weighted by Gasteiger charge is -2.11. The van der Waals surface area contributed by atoms with Crippen LogP contribution in [0.3, 0.4) is 0 Å². The first kappa shape index (κ1) is 11.2. The van der Waals surface area contributed by atoms with Crippen LogP contribution in [0, 0.1) is 6.92 Å². The molecule has 1 heterocycles. The summed E-state index contributed by atoms with van der Waals surface area (Å²) in [7, 11) is 1.95. The van der Waals surface area contributed by atoms with Crippen LogP contribution in [0.5, 0.6) is 0 Å². The van der Waals surface area contributed by atoms with E-state index in [2.05, 4.69) is 35.4 Å². The molecule has 3 nitrogen and oxygen atoms in total. The molecule has 0 amide bonds. The van der Waals surface area contributed by atoms with Crippen molar-refractivity contribution in [2.75, 3.05) is 13.6 Å². The van der Waals surface area contributed by atoms with Gasteiger partial charge in [-0.15, -0.1) is 0 Å². The van der Waals surface area contributed by atoms with Crippen molar-refractivity contribution >= 4 is 10.9 Å². The number of fused-ring (bicyclic) bond motifs is 1. The van der Waals surface area contributed by atoms with Crippen molar-refractivity contribution in [3.63, 3.8) is 0 Å². The average molecular weight is 217 g/mol. The Bertz CT molecular complexity index is 473. The molecule has 86 valence electrons. The van der Waals surface area contributed by atoms with E-state index in [0.29, 0.717) is 0 Å². The molecule has 1 atom stereocenters. The lowest BCUT2D eigenvalue weighted by molar-refractivity contribution is 0.616. The fraction of sp³-hybridized carbons (Fsp3) is 0.385. The van der Waals surface area contributed by atoms with Gasteiger partial charge in [-0.25, -0.2) is 0 Å². The molecule has 0 radical (unpaired) electrons. The van der Waals surface area contributed by atoms with Gasteiger partial charge in [0.2, 0.25) is 0 Å². The van der Waals surface area contributed by atoms with Gasteiger partial charge in [0.05, 0.1) is 0 Å². The highest BCUT2D eigenvalue weighted by Crippen LogP contribution is 2.27. The van der Waals surface area contributed by atoms with Crippen LogP contribution in [0.4, 0.5) is 0 Å². The molecule has 0 spiro atoms. The number of para-hydroxylation sites is 1. The number of rotatable bonds is 4. The van der Waals surface area contributed by atoms with Crippen molar-refractivity contribution in [3.05, 3.63) is 35.5 Å². The van der Waals surface area contributed by atoms with E-state index >= 15 is 0 Å². The van der Waals surface area contributed by atoms with Crippen LogP contribution < -0.4 is 11.1 Å².